The van der Waals surface area contributed by atoms with E-state index in [0.29, 0.717) is 0 Å². The standard InChI is InChI=1S/C7H12N2O.CH4/c1-6-8-5-7(9-6)3-2-4-10;/h5,10H,2-4H2,1H3,(H,8,9);1H4. The van der Waals surface area contributed by atoms with Gasteiger partial charge in [-0.1, -0.05) is 7.43 Å². The molecular formula is C8H16N2O. The summed E-state index contributed by atoms with van der Waals surface area (Å²) in [7, 11) is 0. The highest BCUT2D eigenvalue weighted by Crippen LogP contribution is 1.98. The normalized spacial score (nSPS) is 9.27. The van der Waals surface area contributed by atoms with Crippen molar-refractivity contribution in [2.24, 2.45) is 0 Å². The Kier molecular flexibility index (Phi) is 4.54. The monoisotopic (exact) mass is 156 g/mol. The van der Waals surface area contributed by atoms with Crippen molar-refractivity contribution in [1.82, 2.24) is 9.97 Å². The van der Waals surface area contributed by atoms with Crippen LogP contribution in [0.1, 0.15) is 25.4 Å². The number of aromatic amines is 1. The van der Waals surface area contributed by atoms with Crippen molar-refractivity contribution in [1.29, 1.82) is 0 Å². The molecule has 0 saturated heterocycles. The Labute approximate surface area is 67.5 Å². The smallest absolute Gasteiger partial charge is 0.103 e. The molecule has 1 aromatic rings. The lowest BCUT2D eigenvalue weighted by molar-refractivity contribution is 0.288. The molecule has 3 heteroatoms. The second-order valence-electron chi connectivity index (χ2n) is 2.32. The van der Waals surface area contributed by atoms with Crippen molar-refractivity contribution < 1.29 is 5.11 Å². The van der Waals surface area contributed by atoms with Crippen molar-refractivity contribution in [3.63, 3.8) is 0 Å². The molecule has 0 amide bonds. The van der Waals surface area contributed by atoms with Crippen molar-refractivity contribution in [3.05, 3.63) is 17.7 Å². The first kappa shape index (κ1) is 10.2. The van der Waals surface area contributed by atoms with Crippen molar-refractivity contribution in [2.45, 2.75) is 27.2 Å². The molecule has 0 spiro atoms. The number of aryl methyl sites for hydroxylation is 2. The van der Waals surface area contributed by atoms with Gasteiger partial charge in [-0.15, -0.1) is 0 Å². The molecule has 2 N–H and O–H groups in total. The Morgan fingerprint density at radius 1 is 1.64 bits per heavy atom. The first-order valence-electron chi connectivity index (χ1n) is 3.44. The summed E-state index contributed by atoms with van der Waals surface area (Å²) < 4.78 is 0. The molecule has 1 heterocycles. The van der Waals surface area contributed by atoms with Crippen LogP contribution >= 0.6 is 0 Å². The van der Waals surface area contributed by atoms with Gasteiger partial charge in [-0.2, -0.15) is 0 Å². The zero-order valence-corrected chi connectivity index (χ0v) is 6.09. The van der Waals surface area contributed by atoms with E-state index in [1.807, 2.05) is 13.1 Å². The number of rotatable bonds is 3. The molecule has 3 nitrogen and oxygen atoms in total. The predicted octanol–water partition coefficient (Wildman–Crippen LogP) is 1.28. The Balaban J connectivity index is 0.000001000. The third-order valence-electron chi connectivity index (χ3n) is 1.36. The van der Waals surface area contributed by atoms with E-state index < -0.39 is 0 Å². The van der Waals surface area contributed by atoms with Crippen LogP contribution in [0, 0.1) is 6.92 Å². The van der Waals surface area contributed by atoms with Crippen LogP contribution in [0.25, 0.3) is 0 Å². The average molecular weight is 156 g/mol. The number of nitrogens with one attached hydrogen (secondary N) is 1. The Hall–Kier alpha value is -0.830. The minimum absolute atomic E-state index is 0. The van der Waals surface area contributed by atoms with Crippen molar-refractivity contribution in [3.8, 4) is 0 Å². The van der Waals surface area contributed by atoms with Crippen LogP contribution in [0.3, 0.4) is 0 Å². The molecule has 0 aliphatic rings. The van der Waals surface area contributed by atoms with Gasteiger partial charge in [0.15, 0.2) is 0 Å². The van der Waals surface area contributed by atoms with E-state index in [2.05, 4.69) is 9.97 Å². The van der Waals surface area contributed by atoms with E-state index in [4.69, 9.17) is 5.11 Å². The van der Waals surface area contributed by atoms with E-state index in [9.17, 15) is 0 Å². The fourth-order valence-electron chi connectivity index (χ4n) is 0.868. The number of hydrogen-bond donors (Lipinski definition) is 2. The van der Waals surface area contributed by atoms with Gasteiger partial charge in [0.25, 0.3) is 0 Å². The van der Waals surface area contributed by atoms with E-state index in [0.717, 1.165) is 24.4 Å². The molecule has 0 aliphatic carbocycles. The summed E-state index contributed by atoms with van der Waals surface area (Å²) in [6.45, 7) is 2.17. The Morgan fingerprint density at radius 2 is 2.36 bits per heavy atom. The van der Waals surface area contributed by atoms with Gasteiger partial charge in [-0.3, -0.25) is 0 Å². The number of aliphatic hydroxyl groups is 1. The molecule has 64 valence electrons. The second kappa shape index (κ2) is 4.91. The summed E-state index contributed by atoms with van der Waals surface area (Å²) in [5.41, 5.74) is 1.10. The number of H-pyrrole nitrogens is 1. The molecule has 0 fully saturated rings. The van der Waals surface area contributed by atoms with Gasteiger partial charge in [0.2, 0.25) is 0 Å². The molecule has 0 bridgehead atoms. The van der Waals surface area contributed by atoms with Crippen molar-refractivity contribution in [2.75, 3.05) is 6.61 Å². The van der Waals surface area contributed by atoms with Crippen LogP contribution in [0.2, 0.25) is 0 Å². The Morgan fingerprint density at radius 3 is 2.82 bits per heavy atom. The lowest BCUT2D eigenvalue weighted by Crippen LogP contribution is -1.88. The van der Waals surface area contributed by atoms with Crippen LogP contribution in [-0.2, 0) is 6.42 Å². The SMILES string of the molecule is C.Cc1ncc(CCCO)[nH]1. The number of hydrogen-bond acceptors (Lipinski definition) is 2. The molecule has 1 rings (SSSR count). The number of aromatic nitrogens is 2. The molecule has 0 atom stereocenters. The first-order chi connectivity index (χ1) is 4.83. The summed E-state index contributed by atoms with van der Waals surface area (Å²) in [5.74, 6) is 0.938. The number of aliphatic hydroxyl groups excluding tert-OH is 1. The van der Waals surface area contributed by atoms with Crippen LogP contribution in [0.5, 0.6) is 0 Å². The van der Waals surface area contributed by atoms with Gasteiger partial charge in [0, 0.05) is 18.5 Å². The predicted molar refractivity (Wildman–Crippen MR) is 45.5 cm³/mol. The lowest BCUT2D eigenvalue weighted by Gasteiger charge is -1.91. The molecule has 0 unspecified atom stereocenters. The van der Waals surface area contributed by atoms with E-state index in [1.165, 1.54) is 0 Å². The first-order valence-corrected chi connectivity index (χ1v) is 3.44. The zero-order chi connectivity index (χ0) is 7.40. The van der Waals surface area contributed by atoms with Crippen LogP contribution in [0.15, 0.2) is 6.20 Å². The minimum Gasteiger partial charge on any atom is -0.396 e. The molecular weight excluding hydrogens is 140 g/mol. The highest BCUT2D eigenvalue weighted by atomic mass is 16.2. The maximum atomic E-state index is 8.50. The molecule has 0 aliphatic heterocycles. The van der Waals surface area contributed by atoms with E-state index >= 15 is 0 Å². The third kappa shape index (κ3) is 3.18. The van der Waals surface area contributed by atoms with Gasteiger partial charge >= 0.3 is 0 Å². The Bertz CT molecular complexity index is 196. The highest BCUT2D eigenvalue weighted by molar-refractivity contribution is 4.99. The molecule has 0 aromatic carbocycles. The molecule has 0 radical (unpaired) electrons. The largest absolute Gasteiger partial charge is 0.396 e. The number of nitrogens with zero attached hydrogens (tertiary/aromatic N) is 1. The summed E-state index contributed by atoms with van der Waals surface area (Å²) in [4.78, 5) is 7.12. The fraction of sp³-hybridized carbons (Fsp3) is 0.625. The molecule has 0 saturated carbocycles. The zero-order valence-electron chi connectivity index (χ0n) is 6.09. The summed E-state index contributed by atoms with van der Waals surface area (Å²) in [6, 6.07) is 0. The van der Waals surface area contributed by atoms with Gasteiger partial charge in [0.1, 0.15) is 5.82 Å². The number of imidazole rings is 1. The van der Waals surface area contributed by atoms with Crippen LogP contribution < -0.4 is 0 Å². The maximum absolute atomic E-state index is 8.50. The summed E-state index contributed by atoms with van der Waals surface area (Å²) in [5, 5.41) is 8.50. The topological polar surface area (TPSA) is 48.9 Å². The van der Waals surface area contributed by atoms with Crippen LogP contribution in [-0.4, -0.2) is 21.7 Å². The molecule has 1 aromatic heterocycles. The highest BCUT2D eigenvalue weighted by Gasteiger charge is 1.94. The third-order valence-corrected chi connectivity index (χ3v) is 1.36. The summed E-state index contributed by atoms with van der Waals surface area (Å²) in [6.07, 6.45) is 3.50. The fourth-order valence-corrected chi connectivity index (χ4v) is 0.868. The van der Waals surface area contributed by atoms with Gasteiger partial charge in [-0.05, 0) is 19.8 Å². The minimum atomic E-state index is 0. The van der Waals surface area contributed by atoms with E-state index in [1.54, 1.807) is 0 Å². The van der Waals surface area contributed by atoms with Gasteiger partial charge < -0.3 is 10.1 Å². The van der Waals surface area contributed by atoms with Gasteiger partial charge in [-0.25, -0.2) is 4.98 Å². The quantitative estimate of drug-likeness (QED) is 0.692. The van der Waals surface area contributed by atoms with Crippen LogP contribution in [0.4, 0.5) is 0 Å². The van der Waals surface area contributed by atoms with Gasteiger partial charge in [0.05, 0.1) is 0 Å². The summed E-state index contributed by atoms with van der Waals surface area (Å²) >= 11 is 0. The lowest BCUT2D eigenvalue weighted by atomic mass is 10.3. The van der Waals surface area contributed by atoms with Crippen molar-refractivity contribution >= 4 is 0 Å². The van der Waals surface area contributed by atoms with E-state index in [-0.39, 0.29) is 14.0 Å². The molecule has 11 heavy (non-hydrogen) atoms. The maximum Gasteiger partial charge on any atom is 0.103 e. The average Bonchev–Trinajstić information content (AvgIpc) is 2.31. The second-order valence-corrected chi connectivity index (χ2v) is 2.32.